The summed E-state index contributed by atoms with van der Waals surface area (Å²) < 4.78 is 46.1. The fourth-order valence-electron chi connectivity index (χ4n) is 7.67. The molecule has 14 nitrogen and oxygen atoms in total. The summed E-state index contributed by atoms with van der Waals surface area (Å²) in [6.07, 6.45) is -3.24. The lowest BCUT2D eigenvalue weighted by molar-refractivity contribution is -0.577. The van der Waals surface area contributed by atoms with Crippen molar-refractivity contribution in [1.29, 1.82) is 0 Å². The Morgan fingerprint density at radius 2 is 1.45 bits per heavy atom. The van der Waals surface area contributed by atoms with Crippen LogP contribution in [0.1, 0.15) is 74.1 Å². The maximum atomic E-state index is 12.9. The molecule has 1 spiro atoms. The van der Waals surface area contributed by atoms with Crippen LogP contribution in [0, 0.1) is 23.7 Å². The van der Waals surface area contributed by atoms with E-state index in [1.807, 2.05) is 13.8 Å². The van der Waals surface area contributed by atoms with Gasteiger partial charge in [0.15, 0.2) is 36.5 Å². The lowest BCUT2D eigenvalue weighted by atomic mass is 9.58. The highest BCUT2D eigenvalue weighted by atomic mass is 17.3. The van der Waals surface area contributed by atoms with Gasteiger partial charge in [0.2, 0.25) is 5.79 Å². The standard InChI is InChI=1S/C30H44O14/c1-14-8-9-21-15(2)27(41-28-30(21)20(14)10-11-29(7,42-28)43-44-30)36-13-23(34)35-12-22-25(39-18(5)32)26(40-19(6)33)24(16(3)37-22)38-17(4)31/h14-16,20-22,24-28H,8-13H2,1-7H3/t14-,15-,16-,20+,21+,22-,24+,25-,26-,27+,28-,29-,30-/m1/s1. The zero-order chi connectivity index (χ0) is 32.0. The molecule has 0 aromatic heterocycles. The highest BCUT2D eigenvalue weighted by Gasteiger charge is 2.69. The van der Waals surface area contributed by atoms with E-state index >= 15 is 0 Å². The molecule has 0 N–H and O–H groups in total. The summed E-state index contributed by atoms with van der Waals surface area (Å²) in [5.41, 5.74) is -0.753. The summed E-state index contributed by atoms with van der Waals surface area (Å²) in [7, 11) is 0. The molecule has 0 unspecified atom stereocenters. The SMILES string of the molecule is CC(=O)O[C@@H]1[C@@H](OC(C)=O)[C@@H](C)O[C@H](COC(=O)CO[C@H]2O[C@@H]3O[C@@]4(C)CC[C@H]5[C@H](C)CC[C@@H]([C@H]2C)[C@@]35OO4)[C@H]1OC(C)=O. The molecule has 5 heterocycles. The molecule has 0 amide bonds. The van der Waals surface area contributed by atoms with Crippen molar-refractivity contribution in [2.45, 2.75) is 129 Å². The second-order valence-electron chi connectivity index (χ2n) is 12.9. The molecule has 6 fully saturated rings. The van der Waals surface area contributed by atoms with Gasteiger partial charge in [-0.25, -0.2) is 14.6 Å². The topological polar surface area (TPSA) is 161 Å². The van der Waals surface area contributed by atoms with Crippen LogP contribution in [0.3, 0.4) is 0 Å². The average molecular weight is 629 g/mol. The summed E-state index contributed by atoms with van der Waals surface area (Å²) in [4.78, 5) is 60.4. The van der Waals surface area contributed by atoms with Gasteiger partial charge in [-0.2, -0.15) is 0 Å². The van der Waals surface area contributed by atoms with Crippen LogP contribution in [0.25, 0.3) is 0 Å². The first-order valence-corrected chi connectivity index (χ1v) is 15.4. The number of fused-ring (bicyclic) bond motifs is 2. The van der Waals surface area contributed by atoms with Crippen molar-refractivity contribution in [1.82, 2.24) is 0 Å². The van der Waals surface area contributed by atoms with Crippen LogP contribution in [0.4, 0.5) is 0 Å². The Labute approximate surface area is 256 Å². The van der Waals surface area contributed by atoms with Crippen LogP contribution in [0.2, 0.25) is 0 Å². The molecule has 1 saturated carbocycles. The lowest BCUT2D eigenvalue weighted by Gasteiger charge is -2.60. The largest absolute Gasteiger partial charge is 0.461 e. The van der Waals surface area contributed by atoms with Gasteiger partial charge in [0, 0.05) is 39.0 Å². The van der Waals surface area contributed by atoms with Crippen LogP contribution in [-0.2, 0) is 66.8 Å². The van der Waals surface area contributed by atoms with E-state index in [4.69, 9.17) is 47.7 Å². The molecule has 1 aliphatic carbocycles. The Hall–Kier alpha value is -2.36. The van der Waals surface area contributed by atoms with E-state index in [0.717, 1.165) is 19.3 Å². The second kappa shape index (κ2) is 12.8. The van der Waals surface area contributed by atoms with Crippen molar-refractivity contribution >= 4 is 23.9 Å². The number of carbonyl (C=O) groups is 4. The van der Waals surface area contributed by atoms with Gasteiger partial charge in [-0.3, -0.25) is 14.4 Å². The molecule has 0 aromatic rings. The lowest BCUT2D eigenvalue weighted by Crippen LogP contribution is -2.70. The third-order valence-corrected chi connectivity index (χ3v) is 9.64. The van der Waals surface area contributed by atoms with Gasteiger partial charge in [-0.15, -0.1) is 0 Å². The number of hydrogen-bond acceptors (Lipinski definition) is 14. The predicted molar refractivity (Wildman–Crippen MR) is 145 cm³/mol. The molecular weight excluding hydrogens is 584 g/mol. The van der Waals surface area contributed by atoms with Crippen LogP contribution in [0.5, 0.6) is 0 Å². The molecule has 13 atom stereocenters. The van der Waals surface area contributed by atoms with Crippen molar-refractivity contribution in [3.63, 3.8) is 0 Å². The molecule has 0 aromatic carbocycles. The third-order valence-electron chi connectivity index (χ3n) is 9.64. The van der Waals surface area contributed by atoms with Gasteiger partial charge in [0.05, 0.1) is 6.10 Å². The number of hydrogen-bond donors (Lipinski definition) is 0. The highest BCUT2D eigenvalue weighted by molar-refractivity contribution is 5.71. The Balaban J connectivity index is 1.23. The smallest absolute Gasteiger partial charge is 0.332 e. The molecule has 248 valence electrons. The van der Waals surface area contributed by atoms with Gasteiger partial charge in [0.1, 0.15) is 19.3 Å². The molecule has 5 saturated heterocycles. The Morgan fingerprint density at radius 1 is 0.795 bits per heavy atom. The third kappa shape index (κ3) is 6.34. The van der Waals surface area contributed by atoms with E-state index < -0.39 is 85.0 Å². The van der Waals surface area contributed by atoms with Gasteiger partial charge in [0.25, 0.3) is 0 Å². The number of carbonyl (C=O) groups excluding carboxylic acids is 4. The maximum absolute atomic E-state index is 12.9. The zero-order valence-electron chi connectivity index (χ0n) is 26.3. The summed E-state index contributed by atoms with van der Waals surface area (Å²) in [5.74, 6) is -3.15. The summed E-state index contributed by atoms with van der Waals surface area (Å²) >= 11 is 0. The zero-order valence-corrected chi connectivity index (χ0v) is 26.3. The first-order chi connectivity index (χ1) is 20.7. The van der Waals surface area contributed by atoms with Crippen LogP contribution in [-0.4, -0.2) is 91.6 Å². The predicted octanol–water partition coefficient (Wildman–Crippen LogP) is 2.34. The molecule has 44 heavy (non-hydrogen) atoms. The monoisotopic (exact) mass is 628 g/mol. The quantitative estimate of drug-likeness (QED) is 0.219. The van der Waals surface area contributed by atoms with E-state index in [1.54, 1.807) is 6.92 Å². The van der Waals surface area contributed by atoms with Crippen molar-refractivity contribution in [2.75, 3.05) is 13.2 Å². The first-order valence-electron chi connectivity index (χ1n) is 15.4. The summed E-state index contributed by atoms with van der Waals surface area (Å²) in [5, 5.41) is 0. The van der Waals surface area contributed by atoms with Crippen molar-refractivity contribution in [3.05, 3.63) is 0 Å². The van der Waals surface area contributed by atoms with Crippen molar-refractivity contribution in [3.8, 4) is 0 Å². The Morgan fingerprint density at radius 3 is 2.14 bits per heavy atom. The van der Waals surface area contributed by atoms with E-state index in [0.29, 0.717) is 12.3 Å². The number of ether oxygens (including phenoxy) is 8. The molecule has 6 rings (SSSR count). The molecular formula is C30H44O14. The van der Waals surface area contributed by atoms with E-state index in [9.17, 15) is 19.2 Å². The maximum Gasteiger partial charge on any atom is 0.332 e. The number of esters is 4. The Bertz CT molecular complexity index is 1110. The van der Waals surface area contributed by atoms with E-state index in [1.165, 1.54) is 20.8 Å². The molecule has 5 aliphatic heterocycles. The minimum absolute atomic E-state index is 0.0242. The fraction of sp³-hybridized carbons (Fsp3) is 0.867. The van der Waals surface area contributed by atoms with Gasteiger partial charge in [-0.1, -0.05) is 13.8 Å². The molecule has 2 bridgehead atoms. The first kappa shape index (κ1) is 33.0. The minimum Gasteiger partial charge on any atom is -0.461 e. The van der Waals surface area contributed by atoms with Crippen molar-refractivity contribution < 1.29 is 66.8 Å². The fourth-order valence-corrected chi connectivity index (χ4v) is 7.67. The van der Waals surface area contributed by atoms with E-state index in [2.05, 4.69) is 6.92 Å². The summed E-state index contributed by atoms with van der Waals surface area (Å²) in [6.45, 7) is 10.5. The normalized spacial score (nSPS) is 44.5. The molecule has 6 aliphatic rings. The average Bonchev–Trinajstić information content (AvgIpc) is 3.17. The van der Waals surface area contributed by atoms with Gasteiger partial charge >= 0.3 is 23.9 Å². The van der Waals surface area contributed by atoms with E-state index in [-0.39, 0.29) is 24.4 Å². The van der Waals surface area contributed by atoms with Crippen LogP contribution in [0.15, 0.2) is 0 Å². The molecule has 14 heteroatoms. The highest BCUT2D eigenvalue weighted by Crippen LogP contribution is 2.60. The van der Waals surface area contributed by atoms with Gasteiger partial charge < -0.3 is 37.9 Å². The molecule has 0 radical (unpaired) electrons. The van der Waals surface area contributed by atoms with Crippen LogP contribution >= 0.6 is 0 Å². The number of rotatable bonds is 8. The van der Waals surface area contributed by atoms with Crippen molar-refractivity contribution in [2.24, 2.45) is 23.7 Å². The minimum atomic E-state index is -1.21. The Kier molecular flexibility index (Phi) is 9.60. The van der Waals surface area contributed by atoms with Crippen LogP contribution < -0.4 is 0 Å². The summed E-state index contributed by atoms with van der Waals surface area (Å²) in [6, 6.07) is 0. The van der Waals surface area contributed by atoms with Gasteiger partial charge in [-0.05, 0) is 44.9 Å². The second-order valence-corrected chi connectivity index (χ2v) is 12.9.